The van der Waals surface area contributed by atoms with E-state index < -0.39 is 0 Å². The lowest BCUT2D eigenvalue weighted by atomic mass is 9.88. The fourth-order valence-electron chi connectivity index (χ4n) is 2.36. The van der Waals surface area contributed by atoms with Crippen molar-refractivity contribution >= 4 is 17.7 Å². The molecule has 1 fully saturated rings. The molecule has 1 aromatic rings. The first kappa shape index (κ1) is 14.4. The van der Waals surface area contributed by atoms with E-state index >= 15 is 0 Å². The van der Waals surface area contributed by atoms with Crippen LogP contribution in [-0.2, 0) is 4.79 Å². The Kier molecular flexibility index (Phi) is 4.53. The highest BCUT2D eigenvalue weighted by Crippen LogP contribution is 2.26. The van der Waals surface area contributed by atoms with Gasteiger partial charge in [0.1, 0.15) is 0 Å². The molecular weight excluding hydrogens is 256 g/mol. The van der Waals surface area contributed by atoms with Crippen molar-refractivity contribution in [2.45, 2.75) is 31.2 Å². The van der Waals surface area contributed by atoms with E-state index in [0.29, 0.717) is 0 Å². The highest BCUT2D eigenvalue weighted by atomic mass is 32.2. The van der Waals surface area contributed by atoms with E-state index in [2.05, 4.69) is 41.2 Å². The summed E-state index contributed by atoms with van der Waals surface area (Å²) >= 11 is 1.73. The van der Waals surface area contributed by atoms with Gasteiger partial charge in [-0.15, -0.1) is 11.8 Å². The number of amides is 1. The summed E-state index contributed by atoms with van der Waals surface area (Å²) in [6.07, 6.45) is 2.98. The van der Waals surface area contributed by atoms with Gasteiger partial charge in [0.25, 0.3) is 0 Å². The van der Waals surface area contributed by atoms with E-state index in [4.69, 9.17) is 0 Å². The number of benzene rings is 1. The van der Waals surface area contributed by atoms with Crippen LogP contribution >= 0.6 is 11.8 Å². The van der Waals surface area contributed by atoms with Gasteiger partial charge in [-0.1, -0.05) is 12.1 Å². The van der Waals surface area contributed by atoms with Crippen LogP contribution in [-0.4, -0.2) is 25.3 Å². The fraction of sp³-hybridized carbons (Fsp3) is 0.533. The summed E-state index contributed by atoms with van der Waals surface area (Å²) in [5.74, 6) is 0.152. The molecule has 1 amide bonds. The lowest BCUT2D eigenvalue weighted by molar-refractivity contribution is -0.129. The summed E-state index contributed by atoms with van der Waals surface area (Å²) in [4.78, 5) is 13.6. The van der Waals surface area contributed by atoms with E-state index in [0.717, 1.165) is 25.1 Å². The Bertz CT molecular complexity index is 438. The maximum atomic E-state index is 12.3. The number of hydrogen-bond donors (Lipinski definition) is 2. The summed E-state index contributed by atoms with van der Waals surface area (Å²) < 4.78 is 0. The average Bonchev–Trinajstić information content (AvgIpc) is 2.87. The molecule has 2 N–H and O–H groups in total. The molecular formula is C15H22N2OS. The minimum atomic E-state index is -0.256. The van der Waals surface area contributed by atoms with Crippen molar-refractivity contribution < 1.29 is 4.79 Å². The summed E-state index contributed by atoms with van der Waals surface area (Å²) in [7, 11) is 0. The predicted octanol–water partition coefficient (Wildman–Crippen LogP) is 2.59. The molecule has 1 aliphatic heterocycles. The van der Waals surface area contributed by atoms with Gasteiger partial charge in [0.15, 0.2) is 0 Å². The first-order valence-electron chi connectivity index (χ1n) is 6.71. The lowest BCUT2D eigenvalue weighted by Gasteiger charge is -2.24. The minimum absolute atomic E-state index is 0.0563. The standard InChI is InChI=1S/C15H22N2OS/c1-11(12-4-6-13(19-3)7-5-12)17-14(18)15(2)8-9-16-10-15/h4-7,11,16H,8-10H2,1-3H3,(H,17,18). The predicted molar refractivity (Wildman–Crippen MR) is 80.4 cm³/mol. The molecule has 3 nitrogen and oxygen atoms in total. The van der Waals surface area contributed by atoms with E-state index in [9.17, 15) is 4.79 Å². The van der Waals surface area contributed by atoms with Crippen molar-refractivity contribution in [2.24, 2.45) is 5.41 Å². The molecule has 0 radical (unpaired) electrons. The van der Waals surface area contributed by atoms with Crippen LogP contribution in [0.25, 0.3) is 0 Å². The van der Waals surface area contributed by atoms with Gasteiger partial charge in [-0.25, -0.2) is 0 Å². The van der Waals surface area contributed by atoms with Crippen LogP contribution in [0, 0.1) is 5.41 Å². The molecule has 1 heterocycles. The van der Waals surface area contributed by atoms with E-state index in [1.54, 1.807) is 11.8 Å². The van der Waals surface area contributed by atoms with Crippen LogP contribution in [0.3, 0.4) is 0 Å². The first-order valence-corrected chi connectivity index (χ1v) is 7.93. The fourth-order valence-corrected chi connectivity index (χ4v) is 2.77. The number of carbonyl (C=O) groups excluding carboxylic acids is 1. The number of thioether (sulfide) groups is 1. The number of hydrogen-bond acceptors (Lipinski definition) is 3. The van der Waals surface area contributed by atoms with Gasteiger partial charge in [-0.05, 0) is 50.8 Å². The van der Waals surface area contributed by atoms with Crippen LogP contribution in [0.15, 0.2) is 29.2 Å². The van der Waals surface area contributed by atoms with Gasteiger partial charge < -0.3 is 10.6 Å². The van der Waals surface area contributed by atoms with E-state index in [1.165, 1.54) is 4.90 Å². The van der Waals surface area contributed by atoms with Crippen molar-refractivity contribution in [2.75, 3.05) is 19.3 Å². The number of rotatable bonds is 4. The van der Waals surface area contributed by atoms with Crippen LogP contribution < -0.4 is 10.6 Å². The summed E-state index contributed by atoms with van der Waals surface area (Å²) in [6.45, 7) is 5.78. The molecule has 0 spiro atoms. The quantitative estimate of drug-likeness (QED) is 0.832. The van der Waals surface area contributed by atoms with Crippen molar-refractivity contribution in [1.82, 2.24) is 10.6 Å². The van der Waals surface area contributed by atoms with Crippen LogP contribution in [0.2, 0.25) is 0 Å². The average molecular weight is 278 g/mol. The number of carbonyl (C=O) groups is 1. The second-order valence-corrected chi connectivity index (χ2v) is 6.34. The van der Waals surface area contributed by atoms with Gasteiger partial charge in [0, 0.05) is 11.4 Å². The topological polar surface area (TPSA) is 41.1 Å². The van der Waals surface area contributed by atoms with Gasteiger partial charge in [-0.2, -0.15) is 0 Å². The molecule has 1 aromatic carbocycles. The zero-order valence-electron chi connectivity index (χ0n) is 11.8. The normalized spacial score (nSPS) is 24.2. The molecule has 4 heteroatoms. The third kappa shape index (κ3) is 3.31. The molecule has 1 saturated heterocycles. The Hall–Kier alpha value is -1.00. The second-order valence-electron chi connectivity index (χ2n) is 5.46. The van der Waals surface area contributed by atoms with Crippen molar-refractivity contribution in [1.29, 1.82) is 0 Å². The summed E-state index contributed by atoms with van der Waals surface area (Å²) in [5.41, 5.74) is 0.897. The molecule has 0 aliphatic carbocycles. The maximum absolute atomic E-state index is 12.3. The SMILES string of the molecule is CSc1ccc(C(C)NC(=O)C2(C)CCNC2)cc1. The molecule has 0 bridgehead atoms. The molecule has 2 atom stereocenters. The molecule has 104 valence electrons. The maximum Gasteiger partial charge on any atom is 0.227 e. The van der Waals surface area contributed by atoms with Crippen LogP contribution in [0.4, 0.5) is 0 Å². The van der Waals surface area contributed by atoms with Crippen molar-refractivity contribution in [3.8, 4) is 0 Å². The van der Waals surface area contributed by atoms with E-state index in [1.807, 2.05) is 13.8 Å². The molecule has 2 unspecified atom stereocenters. The summed E-state index contributed by atoms with van der Waals surface area (Å²) in [5, 5.41) is 6.39. The lowest BCUT2D eigenvalue weighted by Crippen LogP contribution is -2.41. The van der Waals surface area contributed by atoms with Gasteiger partial charge in [-0.3, -0.25) is 4.79 Å². The smallest absolute Gasteiger partial charge is 0.227 e. The second kappa shape index (κ2) is 5.97. The Balaban J connectivity index is 1.99. The third-order valence-electron chi connectivity index (χ3n) is 3.88. The van der Waals surface area contributed by atoms with Gasteiger partial charge in [0.05, 0.1) is 11.5 Å². The van der Waals surface area contributed by atoms with Crippen molar-refractivity contribution in [3.05, 3.63) is 29.8 Å². The highest BCUT2D eigenvalue weighted by Gasteiger charge is 2.36. The monoisotopic (exact) mass is 278 g/mol. The molecule has 19 heavy (non-hydrogen) atoms. The van der Waals surface area contributed by atoms with Gasteiger partial charge >= 0.3 is 0 Å². The van der Waals surface area contributed by atoms with Crippen LogP contribution in [0.5, 0.6) is 0 Å². The van der Waals surface area contributed by atoms with Crippen molar-refractivity contribution in [3.63, 3.8) is 0 Å². The third-order valence-corrected chi connectivity index (χ3v) is 4.62. The Morgan fingerprint density at radius 3 is 2.63 bits per heavy atom. The molecule has 0 saturated carbocycles. The van der Waals surface area contributed by atoms with E-state index in [-0.39, 0.29) is 17.4 Å². The number of nitrogens with one attached hydrogen (secondary N) is 2. The highest BCUT2D eigenvalue weighted by molar-refractivity contribution is 7.98. The first-order chi connectivity index (χ1) is 9.05. The molecule has 1 aliphatic rings. The largest absolute Gasteiger partial charge is 0.349 e. The van der Waals surface area contributed by atoms with Gasteiger partial charge in [0.2, 0.25) is 5.91 Å². The summed E-state index contributed by atoms with van der Waals surface area (Å²) in [6, 6.07) is 8.43. The Morgan fingerprint density at radius 2 is 2.11 bits per heavy atom. The Morgan fingerprint density at radius 1 is 1.42 bits per heavy atom. The Labute approximate surface area is 119 Å². The minimum Gasteiger partial charge on any atom is -0.349 e. The van der Waals surface area contributed by atoms with Crippen LogP contribution in [0.1, 0.15) is 31.9 Å². The zero-order valence-corrected chi connectivity index (χ0v) is 12.6. The zero-order chi connectivity index (χ0) is 13.9. The molecule has 0 aromatic heterocycles. The molecule has 2 rings (SSSR count).